The molecule has 5 heteroatoms. The average molecular weight is 335 g/mol. The first-order chi connectivity index (χ1) is 10.3. The number of nitrogens with zero attached hydrogens (tertiary/aromatic N) is 1. The lowest BCUT2D eigenvalue weighted by Crippen LogP contribution is -2.19. The highest BCUT2D eigenvalue weighted by Gasteiger charge is 2.14. The van der Waals surface area contributed by atoms with Crippen molar-refractivity contribution in [3.8, 4) is 0 Å². The van der Waals surface area contributed by atoms with Crippen molar-refractivity contribution in [3.05, 3.63) is 56.7 Å². The Labute approximate surface area is 140 Å². The molecule has 1 aromatic carbocycles. The number of halogens is 1. The highest BCUT2D eigenvalue weighted by Crippen LogP contribution is 2.23. The van der Waals surface area contributed by atoms with Gasteiger partial charge in [-0.2, -0.15) is 5.10 Å². The number of hydrogen-bond donors (Lipinski definition) is 1. The van der Waals surface area contributed by atoms with Gasteiger partial charge in [-0.3, -0.25) is 4.79 Å². The van der Waals surface area contributed by atoms with Crippen LogP contribution in [0.4, 0.5) is 0 Å². The molecule has 0 aliphatic carbocycles. The van der Waals surface area contributed by atoms with E-state index in [2.05, 4.69) is 31.3 Å². The van der Waals surface area contributed by atoms with Crippen LogP contribution in [0.5, 0.6) is 0 Å². The molecule has 2 rings (SSSR count). The van der Waals surface area contributed by atoms with Crippen LogP contribution in [0.1, 0.15) is 48.5 Å². The molecular weight excluding hydrogens is 316 g/mol. The van der Waals surface area contributed by atoms with Gasteiger partial charge in [0, 0.05) is 5.56 Å². The molecule has 3 nitrogen and oxygen atoms in total. The van der Waals surface area contributed by atoms with Gasteiger partial charge in [0.2, 0.25) is 0 Å². The zero-order valence-corrected chi connectivity index (χ0v) is 14.7. The molecule has 116 valence electrons. The van der Waals surface area contributed by atoms with E-state index in [1.165, 1.54) is 16.9 Å². The highest BCUT2D eigenvalue weighted by atomic mass is 35.5. The van der Waals surface area contributed by atoms with Crippen molar-refractivity contribution in [3.63, 3.8) is 0 Å². The molecule has 2 aromatic rings. The van der Waals surface area contributed by atoms with E-state index in [1.54, 1.807) is 0 Å². The maximum absolute atomic E-state index is 12.1. The van der Waals surface area contributed by atoms with E-state index in [1.807, 2.05) is 43.3 Å². The minimum Gasteiger partial charge on any atom is -0.267 e. The molecule has 0 atom stereocenters. The van der Waals surface area contributed by atoms with Crippen LogP contribution in [-0.2, 0) is 5.41 Å². The quantitative estimate of drug-likeness (QED) is 0.632. The SMILES string of the molecule is CC(=NNC(=O)c1ccc(C(C)(C)C)cc1)c1ccc(Cl)s1. The molecule has 0 saturated carbocycles. The summed E-state index contributed by atoms with van der Waals surface area (Å²) in [6.07, 6.45) is 0. The van der Waals surface area contributed by atoms with E-state index >= 15 is 0 Å². The number of hydrogen-bond acceptors (Lipinski definition) is 3. The lowest BCUT2D eigenvalue weighted by molar-refractivity contribution is 0.0955. The Hall–Kier alpha value is -1.65. The zero-order valence-electron chi connectivity index (χ0n) is 13.1. The monoisotopic (exact) mass is 334 g/mol. The van der Waals surface area contributed by atoms with Gasteiger partial charge in [-0.1, -0.05) is 44.5 Å². The lowest BCUT2D eigenvalue weighted by atomic mass is 9.87. The molecule has 0 bridgehead atoms. The predicted molar refractivity (Wildman–Crippen MR) is 94.1 cm³/mol. The van der Waals surface area contributed by atoms with Crippen LogP contribution in [-0.4, -0.2) is 11.6 Å². The van der Waals surface area contributed by atoms with Crippen molar-refractivity contribution in [1.82, 2.24) is 5.43 Å². The molecule has 0 spiro atoms. The largest absolute Gasteiger partial charge is 0.271 e. The third-order valence-electron chi connectivity index (χ3n) is 3.27. The number of carbonyl (C=O) groups is 1. The summed E-state index contributed by atoms with van der Waals surface area (Å²) in [4.78, 5) is 13.0. The number of nitrogens with one attached hydrogen (secondary N) is 1. The van der Waals surface area contributed by atoms with Crippen molar-refractivity contribution >= 4 is 34.6 Å². The third-order valence-corrected chi connectivity index (χ3v) is 4.61. The Morgan fingerprint density at radius 3 is 2.27 bits per heavy atom. The molecule has 0 unspecified atom stereocenters. The van der Waals surface area contributed by atoms with Crippen LogP contribution in [0, 0.1) is 0 Å². The van der Waals surface area contributed by atoms with Crippen molar-refractivity contribution in [2.24, 2.45) is 5.10 Å². The first-order valence-corrected chi connectivity index (χ1v) is 8.18. The summed E-state index contributed by atoms with van der Waals surface area (Å²) < 4.78 is 0.702. The van der Waals surface area contributed by atoms with Gasteiger partial charge in [0.25, 0.3) is 5.91 Å². The number of carbonyl (C=O) groups excluding carboxylic acids is 1. The van der Waals surface area contributed by atoms with Crippen molar-refractivity contribution in [2.45, 2.75) is 33.1 Å². The Morgan fingerprint density at radius 2 is 1.77 bits per heavy atom. The molecule has 1 aromatic heterocycles. The summed E-state index contributed by atoms with van der Waals surface area (Å²) in [5.41, 5.74) is 5.16. The summed E-state index contributed by atoms with van der Waals surface area (Å²) in [6.45, 7) is 8.26. The average Bonchev–Trinajstić information content (AvgIpc) is 2.90. The molecule has 22 heavy (non-hydrogen) atoms. The maximum Gasteiger partial charge on any atom is 0.271 e. The molecule has 0 radical (unpaired) electrons. The molecule has 0 fully saturated rings. The molecule has 1 N–H and O–H groups in total. The van der Waals surface area contributed by atoms with E-state index in [4.69, 9.17) is 11.6 Å². The Morgan fingerprint density at radius 1 is 1.14 bits per heavy atom. The topological polar surface area (TPSA) is 41.5 Å². The lowest BCUT2D eigenvalue weighted by Gasteiger charge is -2.18. The Balaban J connectivity index is 2.06. The Kier molecular flexibility index (Phi) is 5.04. The van der Waals surface area contributed by atoms with E-state index < -0.39 is 0 Å². The summed E-state index contributed by atoms with van der Waals surface area (Å²) in [5, 5.41) is 4.12. The zero-order chi connectivity index (χ0) is 16.3. The fraction of sp³-hybridized carbons (Fsp3) is 0.294. The molecule has 1 amide bonds. The van der Waals surface area contributed by atoms with E-state index in [-0.39, 0.29) is 11.3 Å². The molecule has 0 saturated heterocycles. The third kappa shape index (κ3) is 4.18. The minimum atomic E-state index is -0.220. The minimum absolute atomic E-state index is 0.0716. The van der Waals surface area contributed by atoms with Gasteiger partial charge in [-0.05, 0) is 42.2 Å². The molecular formula is C17H19ClN2OS. The summed E-state index contributed by atoms with van der Waals surface area (Å²) in [5.74, 6) is -0.220. The van der Waals surface area contributed by atoms with Gasteiger partial charge in [0.1, 0.15) is 0 Å². The van der Waals surface area contributed by atoms with Crippen LogP contribution in [0.2, 0.25) is 4.34 Å². The summed E-state index contributed by atoms with van der Waals surface area (Å²) >= 11 is 7.32. The fourth-order valence-electron chi connectivity index (χ4n) is 1.88. The summed E-state index contributed by atoms with van der Waals surface area (Å²) in [7, 11) is 0. The molecule has 1 heterocycles. The molecule has 0 aliphatic rings. The fourth-order valence-corrected chi connectivity index (χ4v) is 2.87. The second kappa shape index (κ2) is 6.63. The van der Waals surface area contributed by atoms with Crippen molar-refractivity contribution < 1.29 is 4.79 Å². The van der Waals surface area contributed by atoms with Crippen LogP contribution < -0.4 is 5.43 Å². The number of amides is 1. The standard InChI is InChI=1S/C17H19ClN2OS/c1-11(14-9-10-15(18)22-14)19-20-16(21)12-5-7-13(8-6-12)17(2,3)4/h5-10H,1-4H3,(H,20,21). The van der Waals surface area contributed by atoms with E-state index in [9.17, 15) is 4.79 Å². The van der Waals surface area contributed by atoms with E-state index in [0.29, 0.717) is 9.90 Å². The van der Waals surface area contributed by atoms with Crippen molar-refractivity contribution in [1.29, 1.82) is 0 Å². The highest BCUT2D eigenvalue weighted by molar-refractivity contribution is 7.18. The van der Waals surface area contributed by atoms with Crippen LogP contribution in [0.15, 0.2) is 41.5 Å². The summed E-state index contributed by atoms with van der Waals surface area (Å²) in [6, 6.07) is 11.3. The number of rotatable bonds is 3. The second-order valence-corrected chi connectivity index (χ2v) is 7.78. The van der Waals surface area contributed by atoms with Crippen molar-refractivity contribution in [2.75, 3.05) is 0 Å². The van der Waals surface area contributed by atoms with Gasteiger partial charge in [0.15, 0.2) is 0 Å². The Bertz CT molecular complexity index is 696. The predicted octanol–water partition coefficient (Wildman–Crippen LogP) is 4.85. The van der Waals surface area contributed by atoms with Gasteiger partial charge >= 0.3 is 0 Å². The second-order valence-electron chi connectivity index (χ2n) is 6.07. The van der Waals surface area contributed by atoms with Crippen LogP contribution in [0.3, 0.4) is 0 Å². The van der Waals surface area contributed by atoms with Gasteiger partial charge < -0.3 is 0 Å². The van der Waals surface area contributed by atoms with Gasteiger partial charge in [0.05, 0.1) is 14.9 Å². The van der Waals surface area contributed by atoms with Crippen LogP contribution >= 0.6 is 22.9 Å². The first kappa shape index (κ1) is 16.7. The molecule has 0 aliphatic heterocycles. The van der Waals surface area contributed by atoms with Crippen LogP contribution in [0.25, 0.3) is 0 Å². The number of hydrazone groups is 1. The normalized spacial score (nSPS) is 12.3. The first-order valence-electron chi connectivity index (χ1n) is 6.98. The van der Waals surface area contributed by atoms with E-state index in [0.717, 1.165) is 10.6 Å². The smallest absolute Gasteiger partial charge is 0.267 e. The van der Waals surface area contributed by atoms with Gasteiger partial charge in [-0.15, -0.1) is 11.3 Å². The maximum atomic E-state index is 12.1. The van der Waals surface area contributed by atoms with Gasteiger partial charge in [-0.25, -0.2) is 5.43 Å². The number of benzene rings is 1. The number of thiophene rings is 1.